The lowest BCUT2D eigenvalue weighted by Gasteiger charge is -2.40. The lowest BCUT2D eigenvalue weighted by atomic mass is 9.87. The highest BCUT2D eigenvalue weighted by Gasteiger charge is 2.46. The molecule has 7 nitrogen and oxygen atoms in total. The van der Waals surface area contributed by atoms with E-state index in [9.17, 15) is 27.2 Å². The van der Waals surface area contributed by atoms with Gasteiger partial charge in [-0.25, -0.2) is 22.5 Å². The first-order valence-corrected chi connectivity index (χ1v) is 11.8. The van der Waals surface area contributed by atoms with Crippen LogP contribution < -0.4 is 10.9 Å². The van der Waals surface area contributed by atoms with Crippen molar-refractivity contribution in [2.24, 2.45) is 0 Å². The molecule has 3 aromatic rings. The minimum atomic E-state index is -2.97. The molecule has 1 fully saturated rings. The second kappa shape index (κ2) is 9.20. The molecule has 2 N–H and O–H groups in total. The van der Waals surface area contributed by atoms with Gasteiger partial charge in [-0.1, -0.05) is 6.07 Å². The van der Waals surface area contributed by atoms with Crippen molar-refractivity contribution < 1.29 is 22.4 Å². The van der Waals surface area contributed by atoms with Crippen molar-refractivity contribution in [2.45, 2.75) is 50.1 Å². The van der Waals surface area contributed by atoms with Crippen LogP contribution in [0.1, 0.15) is 48.7 Å². The molecule has 1 aromatic carbocycles. The van der Waals surface area contributed by atoms with E-state index in [0.717, 1.165) is 6.07 Å². The fraction of sp³-hybridized carbons (Fsp3) is 0.400. The van der Waals surface area contributed by atoms with Crippen LogP contribution in [0.2, 0.25) is 0 Å². The molecule has 2 aromatic heterocycles. The molecule has 4 heterocycles. The number of piperidine rings is 1. The molecule has 0 bridgehead atoms. The number of likely N-dealkylation sites (tertiary alicyclic amines) is 1. The van der Waals surface area contributed by atoms with Crippen molar-refractivity contribution in [3.05, 3.63) is 81.7 Å². The van der Waals surface area contributed by atoms with Gasteiger partial charge in [0.1, 0.15) is 17.5 Å². The lowest BCUT2D eigenvalue weighted by Crippen LogP contribution is -2.52. The summed E-state index contributed by atoms with van der Waals surface area (Å²) in [4.78, 5) is 32.9. The Kier molecular flexibility index (Phi) is 6.19. The van der Waals surface area contributed by atoms with Gasteiger partial charge >= 0.3 is 0 Å². The van der Waals surface area contributed by atoms with Crippen LogP contribution >= 0.6 is 0 Å². The Balaban J connectivity index is 1.29. The fourth-order valence-electron chi connectivity index (χ4n) is 5.11. The summed E-state index contributed by atoms with van der Waals surface area (Å²) in [5, 5.41) is 2.75. The van der Waals surface area contributed by atoms with Crippen molar-refractivity contribution >= 4 is 11.7 Å². The maximum Gasteiger partial charge on any atom is 0.257 e. The number of imidazole rings is 1. The van der Waals surface area contributed by atoms with Crippen LogP contribution in [-0.2, 0) is 11.2 Å². The molecule has 3 atom stereocenters. The molecular formula is C25H25F4N5O2. The van der Waals surface area contributed by atoms with E-state index in [-0.39, 0.29) is 24.7 Å². The van der Waals surface area contributed by atoms with Crippen molar-refractivity contribution in [2.75, 3.05) is 18.4 Å². The number of benzene rings is 1. The number of hydrogen-bond acceptors (Lipinski definition) is 4. The molecular weight excluding hydrogens is 478 g/mol. The highest BCUT2D eigenvalue weighted by atomic mass is 19.3. The van der Waals surface area contributed by atoms with E-state index in [4.69, 9.17) is 0 Å². The molecule has 0 aliphatic carbocycles. The number of aromatic nitrogens is 3. The van der Waals surface area contributed by atoms with Gasteiger partial charge in [0, 0.05) is 50.5 Å². The van der Waals surface area contributed by atoms with Gasteiger partial charge in [0.05, 0.1) is 18.0 Å². The summed E-state index contributed by atoms with van der Waals surface area (Å²) in [6, 6.07) is 4.98. The van der Waals surface area contributed by atoms with E-state index in [1.54, 1.807) is 22.6 Å². The van der Waals surface area contributed by atoms with Crippen LogP contribution in [0.4, 0.5) is 23.4 Å². The van der Waals surface area contributed by atoms with Crippen LogP contribution in [0.25, 0.3) is 0 Å². The summed E-state index contributed by atoms with van der Waals surface area (Å²) in [6.07, 6.45) is 3.72. The second-order valence-corrected chi connectivity index (χ2v) is 9.42. The number of aromatic amines is 1. The number of pyridine rings is 1. The number of carbonyl (C=O) groups is 1. The first kappa shape index (κ1) is 24.2. The van der Waals surface area contributed by atoms with Gasteiger partial charge in [0.2, 0.25) is 11.5 Å². The topological polar surface area (TPSA) is 83.0 Å². The number of nitrogens with zero attached hydrogens (tertiary/aromatic N) is 3. The molecule has 1 saturated heterocycles. The maximum atomic E-state index is 14.7. The van der Waals surface area contributed by atoms with Crippen LogP contribution in [0.15, 0.2) is 47.5 Å². The van der Waals surface area contributed by atoms with E-state index in [1.807, 2.05) is 0 Å². The molecule has 0 unspecified atom stereocenters. The Morgan fingerprint density at radius 3 is 2.64 bits per heavy atom. The fourth-order valence-corrected chi connectivity index (χ4v) is 5.11. The molecule has 36 heavy (non-hydrogen) atoms. The number of alkyl halides is 2. The van der Waals surface area contributed by atoms with Crippen molar-refractivity contribution in [1.29, 1.82) is 0 Å². The highest BCUT2D eigenvalue weighted by Crippen LogP contribution is 2.40. The van der Waals surface area contributed by atoms with Gasteiger partial charge in [-0.2, -0.15) is 0 Å². The van der Waals surface area contributed by atoms with Crippen LogP contribution in [0.3, 0.4) is 0 Å². The van der Waals surface area contributed by atoms with Gasteiger partial charge in [-0.05, 0) is 36.6 Å². The monoisotopic (exact) mass is 503 g/mol. The second-order valence-electron chi connectivity index (χ2n) is 9.42. The Morgan fingerprint density at radius 1 is 1.19 bits per heavy atom. The standard InChI is InChI=1S/C25H25F4N5O2/c1-14(33-7-6-25(28,29)19(12-33)15-2-5-23(35)30-11-15)24(36)32-21-13-34-20(3-4-22(34)31-21)16-8-17(26)10-18(27)9-16/h2,5,8-11,13-14,19-20H,3-4,6-7,12H2,1H3,(H,30,35)(H,32,36)/t14-,19+,20+/m0/s1. The van der Waals surface area contributed by atoms with Gasteiger partial charge in [0.25, 0.3) is 5.92 Å². The zero-order valence-corrected chi connectivity index (χ0v) is 19.5. The van der Waals surface area contributed by atoms with Crippen molar-refractivity contribution in [3.8, 4) is 0 Å². The minimum absolute atomic E-state index is 0.0361. The van der Waals surface area contributed by atoms with Crippen LogP contribution in [0.5, 0.6) is 0 Å². The van der Waals surface area contributed by atoms with Crippen LogP contribution in [-0.4, -0.2) is 50.4 Å². The summed E-state index contributed by atoms with van der Waals surface area (Å²) in [5.41, 5.74) is 0.416. The van der Waals surface area contributed by atoms with Gasteiger partial charge in [-0.15, -0.1) is 0 Å². The predicted molar refractivity (Wildman–Crippen MR) is 124 cm³/mol. The number of carbonyl (C=O) groups excluding carboxylic acids is 1. The molecule has 0 spiro atoms. The van der Waals surface area contributed by atoms with Crippen molar-refractivity contribution in [3.63, 3.8) is 0 Å². The van der Waals surface area contributed by atoms with E-state index in [0.29, 0.717) is 35.6 Å². The molecule has 0 saturated carbocycles. The zero-order valence-electron chi connectivity index (χ0n) is 19.5. The highest BCUT2D eigenvalue weighted by molar-refractivity contribution is 5.93. The molecule has 11 heteroatoms. The predicted octanol–water partition coefficient (Wildman–Crippen LogP) is 3.84. The van der Waals surface area contributed by atoms with E-state index in [1.165, 1.54) is 30.5 Å². The number of nitrogens with one attached hydrogen (secondary N) is 2. The molecule has 2 aliphatic rings. The summed E-state index contributed by atoms with van der Waals surface area (Å²) in [5.74, 6) is -4.87. The Hall–Kier alpha value is -3.47. The Labute approximate surface area is 204 Å². The first-order chi connectivity index (χ1) is 17.1. The number of aryl methyl sites for hydroxylation is 1. The summed E-state index contributed by atoms with van der Waals surface area (Å²) < 4.78 is 58.6. The van der Waals surface area contributed by atoms with Gasteiger partial charge in [-0.3, -0.25) is 14.5 Å². The molecule has 0 radical (unpaired) electrons. The third-order valence-corrected chi connectivity index (χ3v) is 7.10. The smallest absolute Gasteiger partial charge is 0.257 e. The number of anilines is 1. The lowest BCUT2D eigenvalue weighted by molar-refractivity contribution is -0.125. The molecule has 5 rings (SSSR count). The third kappa shape index (κ3) is 4.67. The zero-order chi connectivity index (χ0) is 25.6. The average molecular weight is 504 g/mol. The average Bonchev–Trinajstić information content (AvgIpc) is 3.39. The molecule has 1 amide bonds. The normalized spacial score (nSPS) is 22.2. The summed E-state index contributed by atoms with van der Waals surface area (Å²) in [7, 11) is 0. The Bertz CT molecular complexity index is 1310. The number of halogens is 4. The maximum absolute atomic E-state index is 14.7. The Morgan fingerprint density at radius 2 is 1.94 bits per heavy atom. The van der Waals surface area contributed by atoms with E-state index in [2.05, 4.69) is 15.3 Å². The number of amides is 1. The van der Waals surface area contributed by atoms with Crippen molar-refractivity contribution in [1.82, 2.24) is 19.4 Å². The number of rotatable bonds is 5. The molecule has 2 aliphatic heterocycles. The number of H-pyrrole nitrogens is 1. The quantitative estimate of drug-likeness (QED) is 0.519. The van der Waals surface area contributed by atoms with Crippen LogP contribution in [0, 0.1) is 11.6 Å². The van der Waals surface area contributed by atoms with Gasteiger partial charge in [0.15, 0.2) is 5.82 Å². The number of hydrogen-bond donors (Lipinski definition) is 2. The van der Waals surface area contributed by atoms with E-state index >= 15 is 0 Å². The van der Waals surface area contributed by atoms with E-state index < -0.39 is 41.8 Å². The number of fused-ring (bicyclic) bond motifs is 1. The molecule has 190 valence electrons. The van der Waals surface area contributed by atoms with Gasteiger partial charge < -0.3 is 14.9 Å². The third-order valence-electron chi connectivity index (χ3n) is 7.10. The summed E-state index contributed by atoms with van der Waals surface area (Å²) in [6.45, 7) is 1.62. The summed E-state index contributed by atoms with van der Waals surface area (Å²) >= 11 is 0. The first-order valence-electron chi connectivity index (χ1n) is 11.8. The largest absolute Gasteiger partial charge is 0.329 e. The SMILES string of the molecule is C[C@@H](C(=O)Nc1cn2c(n1)CC[C@@H]2c1cc(F)cc(F)c1)N1CCC(F)(F)[C@@H](c2ccc(=O)[nH]c2)C1. The minimum Gasteiger partial charge on any atom is -0.329 e.